The molecule has 102 valence electrons. The average Bonchev–Trinajstić information content (AvgIpc) is 3.03. The number of nitrogens with one attached hydrogen (secondary N) is 1. The molecule has 20 heavy (non-hydrogen) atoms. The number of nitrogen functional groups attached to an aromatic ring is 1. The van der Waals surface area contributed by atoms with Gasteiger partial charge in [0.15, 0.2) is 0 Å². The number of hydrogen-bond donors (Lipinski definition) is 2. The lowest BCUT2D eigenvalue weighted by Crippen LogP contribution is -2.30. The van der Waals surface area contributed by atoms with E-state index in [4.69, 9.17) is 5.84 Å². The number of hydrazine groups is 1. The first-order chi connectivity index (χ1) is 9.69. The molecule has 0 bridgehead atoms. The van der Waals surface area contributed by atoms with Crippen molar-refractivity contribution in [1.29, 1.82) is 0 Å². The molecule has 0 aliphatic carbocycles. The molecule has 0 unspecified atom stereocenters. The number of nitrogens with two attached hydrogens (primary N) is 1. The van der Waals surface area contributed by atoms with Crippen LogP contribution in [-0.4, -0.2) is 15.7 Å². The summed E-state index contributed by atoms with van der Waals surface area (Å²) in [5, 5.41) is 5.29. The van der Waals surface area contributed by atoms with Gasteiger partial charge in [0.05, 0.1) is 22.1 Å². The number of carbonyl (C=O) groups excluding carboxylic acids is 1. The Morgan fingerprint density at radius 3 is 2.95 bits per heavy atom. The highest BCUT2D eigenvalue weighted by molar-refractivity contribution is 9.10. The maximum Gasteiger partial charge on any atom is 0.275 e. The van der Waals surface area contributed by atoms with E-state index in [1.807, 2.05) is 30.5 Å². The van der Waals surface area contributed by atoms with Gasteiger partial charge in [0.2, 0.25) is 0 Å². The minimum atomic E-state index is -0.271. The van der Waals surface area contributed by atoms with Crippen LogP contribution >= 0.6 is 27.3 Å². The lowest BCUT2D eigenvalue weighted by molar-refractivity contribution is 0.0957. The quantitative estimate of drug-likeness (QED) is 0.433. The van der Waals surface area contributed by atoms with E-state index in [1.54, 1.807) is 10.9 Å². The van der Waals surface area contributed by atoms with Crippen molar-refractivity contribution in [2.45, 2.75) is 6.54 Å². The van der Waals surface area contributed by atoms with Crippen LogP contribution in [0.1, 0.15) is 15.2 Å². The molecular weight excluding hydrogens is 340 g/mol. The first-order valence-electron chi connectivity index (χ1n) is 5.88. The lowest BCUT2D eigenvalue weighted by Gasteiger charge is -2.04. The molecule has 0 saturated carbocycles. The second-order valence-electron chi connectivity index (χ2n) is 4.24. The van der Waals surface area contributed by atoms with E-state index in [0.717, 1.165) is 20.1 Å². The van der Waals surface area contributed by atoms with Crippen molar-refractivity contribution < 1.29 is 4.79 Å². The zero-order valence-corrected chi connectivity index (χ0v) is 12.7. The maximum atomic E-state index is 11.9. The first-order valence-corrected chi connectivity index (χ1v) is 7.49. The van der Waals surface area contributed by atoms with Gasteiger partial charge in [0, 0.05) is 16.5 Å². The van der Waals surface area contributed by atoms with Gasteiger partial charge in [-0.15, -0.1) is 11.3 Å². The predicted octanol–water partition coefficient (Wildman–Crippen LogP) is 2.51. The summed E-state index contributed by atoms with van der Waals surface area (Å²) in [6, 6.07) is 7.92. The highest BCUT2D eigenvalue weighted by Crippen LogP contribution is 2.31. The summed E-state index contributed by atoms with van der Waals surface area (Å²) in [6.07, 6.45) is 3.59. The molecule has 3 aromatic rings. The Kier molecular flexibility index (Phi) is 3.56. The zero-order chi connectivity index (χ0) is 14.1. The summed E-state index contributed by atoms with van der Waals surface area (Å²) in [5.41, 5.74) is 3.14. The van der Waals surface area contributed by atoms with E-state index >= 15 is 0 Å². The van der Waals surface area contributed by atoms with Gasteiger partial charge >= 0.3 is 0 Å². The van der Waals surface area contributed by atoms with Crippen LogP contribution in [0.15, 0.2) is 41.1 Å². The van der Waals surface area contributed by atoms with Crippen molar-refractivity contribution in [2.24, 2.45) is 5.84 Å². The SMILES string of the molecule is NNC(=O)c1sc2ccccc2c1Cn1cc(Br)cn1. The number of carbonyl (C=O) groups is 1. The normalized spacial score (nSPS) is 10.9. The van der Waals surface area contributed by atoms with Crippen molar-refractivity contribution in [3.8, 4) is 0 Å². The number of amides is 1. The Morgan fingerprint density at radius 1 is 1.45 bits per heavy atom. The van der Waals surface area contributed by atoms with Gasteiger partial charge in [0.1, 0.15) is 0 Å². The molecule has 0 atom stereocenters. The van der Waals surface area contributed by atoms with Gasteiger partial charge in [-0.05, 0) is 27.4 Å². The fraction of sp³-hybridized carbons (Fsp3) is 0.0769. The molecule has 0 spiro atoms. The van der Waals surface area contributed by atoms with E-state index in [0.29, 0.717) is 11.4 Å². The summed E-state index contributed by atoms with van der Waals surface area (Å²) in [7, 11) is 0. The lowest BCUT2D eigenvalue weighted by atomic mass is 10.1. The molecule has 5 nitrogen and oxygen atoms in total. The largest absolute Gasteiger partial charge is 0.289 e. The molecule has 3 N–H and O–H groups in total. The third kappa shape index (κ3) is 2.35. The number of aromatic nitrogens is 2. The van der Waals surface area contributed by atoms with Crippen molar-refractivity contribution in [1.82, 2.24) is 15.2 Å². The Hall–Kier alpha value is -1.70. The van der Waals surface area contributed by atoms with Crippen LogP contribution in [-0.2, 0) is 6.54 Å². The summed E-state index contributed by atoms with van der Waals surface area (Å²) >= 11 is 4.80. The number of fused-ring (bicyclic) bond motifs is 1. The summed E-state index contributed by atoms with van der Waals surface area (Å²) < 4.78 is 3.75. The Balaban J connectivity index is 2.13. The van der Waals surface area contributed by atoms with E-state index in [1.165, 1.54) is 11.3 Å². The van der Waals surface area contributed by atoms with Gasteiger partial charge in [-0.1, -0.05) is 18.2 Å². The van der Waals surface area contributed by atoms with Gasteiger partial charge < -0.3 is 0 Å². The van der Waals surface area contributed by atoms with Gasteiger partial charge in [0.25, 0.3) is 5.91 Å². The third-order valence-electron chi connectivity index (χ3n) is 2.96. The highest BCUT2D eigenvalue weighted by atomic mass is 79.9. The minimum absolute atomic E-state index is 0.271. The number of benzene rings is 1. The number of hydrogen-bond acceptors (Lipinski definition) is 4. The van der Waals surface area contributed by atoms with Crippen molar-refractivity contribution >= 4 is 43.3 Å². The second-order valence-corrected chi connectivity index (χ2v) is 6.20. The third-order valence-corrected chi connectivity index (χ3v) is 4.58. The second kappa shape index (κ2) is 5.35. The van der Waals surface area contributed by atoms with Gasteiger partial charge in [-0.25, -0.2) is 5.84 Å². The Labute approximate surface area is 127 Å². The minimum Gasteiger partial charge on any atom is -0.289 e. The van der Waals surface area contributed by atoms with Crippen LogP contribution in [0.3, 0.4) is 0 Å². The van der Waals surface area contributed by atoms with Crippen LogP contribution in [0, 0.1) is 0 Å². The predicted molar refractivity (Wildman–Crippen MR) is 82.5 cm³/mol. The van der Waals surface area contributed by atoms with E-state index in [9.17, 15) is 4.79 Å². The Morgan fingerprint density at radius 2 is 2.25 bits per heavy atom. The molecule has 2 aromatic heterocycles. The zero-order valence-electron chi connectivity index (χ0n) is 10.3. The van der Waals surface area contributed by atoms with Crippen molar-refractivity contribution in [2.75, 3.05) is 0 Å². The molecule has 0 fully saturated rings. The molecule has 0 saturated heterocycles. The van der Waals surface area contributed by atoms with Crippen LogP contribution in [0.5, 0.6) is 0 Å². The molecule has 1 aromatic carbocycles. The van der Waals surface area contributed by atoms with E-state index < -0.39 is 0 Å². The summed E-state index contributed by atoms with van der Waals surface area (Å²) in [6.45, 7) is 0.526. The maximum absolute atomic E-state index is 11.9. The fourth-order valence-electron chi connectivity index (χ4n) is 2.09. The highest BCUT2D eigenvalue weighted by Gasteiger charge is 2.18. The van der Waals surface area contributed by atoms with Crippen molar-refractivity contribution in [3.63, 3.8) is 0 Å². The molecular formula is C13H11BrN4OS. The summed E-state index contributed by atoms with van der Waals surface area (Å²) in [5.74, 6) is 5.00. The van der Waals surface area contributed by atoms with Crippen LogP contribution in [0.2, 0.25) is 0 Å². The summed E-state index contributed by atoms with van der Waals surface area (Å²) in [4.78, 5) is 12.6. The van der Waals surface area contributed by atoms with Gasteiger partial charge in [-0.2, -0.15) is 5.10 Å². The topological polar surface area (TPSA) is 72.9 Å². The monoisotopic (exact) mass is 350 g/mol. The molecule has 1 amide bonds. The first kappa shape index (κ1) is 13.3. The smallest absolute Gasteiger partial charge is 0.275 e. The average molecular weight is 351 g/mol. The van der Waals surface area contributed by atoms with Crippen molar-refractivity contribution in [3.05, 3.63) is 51.6 Å². The molecule has 7 heteroatoms. The molecule has 0 radical (unpaired) electrons. The molecule has 2 heterocycles. The molecule has 3 rings (SSSR count). The number of nitrogens with zero attached hydrogens (tertiary/aromatic N) is 2. The van der Waals surface area contributed by atoms with Crippen LogP contribution in [0.4, 0.5) is 0 Å². The number of rotatable bonds is 3. The van der Waals surface area contributed by atoms with Gasteiger partial charge in [-0.3, -0.25) is 14.9 Å². The number of halogens is 1. The fourth-order valence-corrected chi connectivity index (χ4v) is 3.54. The van der Waals surface area contributed by atoms with E-state index in [2.05, 4.69) is 26.5 Å². The molecule has 0 aliphatic heterocycles. The molecule has 0 aliphatic rings. The standard InChI is InChI=1S/C13H11BrN4OS/c14-8-5-16-18(6-8)7-10-9-3-1-2-4-11(9)20-12(10)13(19)17-15/h1-6H,7,15H2,(H,17,19). The Bertz CT molecular complexity index is 780. The van der Waals surface area contributed by atoms with E-state index in [-0.39, 0.29) is 5.91 Å². The van der Waals surface area contributed by atoms with Crippen LogP contribution in [0.25, 0.3) is 10.1 Å². The van der Waals surface area contributed by atoms with Crippen LogP contribution < -0.4 is 11.3 Å². The number of thiophene rings is 1.